The van der Waals surface area contributed by atoms with Gasteiger partial charge in [-0.25, -0.2) is 4.98 Å². The summed E-state index contributed by atoms with van der Waals surface area (Å²) in [5.74, 6) is 0.0630. The topological polar surface area (TPSA) is 87.9 Å². The van der Waals surface area contributed by atoms with Gasteiger partial charge in [-0.1, -0.05) is 30.3 Å². The van der Waals surface area contributed by atoms with Crippen LogP contribution in [0.1, 0.15) is 50.9 Å². The first-order valence-corrected chi connectivity index (χ1v) is 13.3. The summed E-state index contributed by atoms with van der Waals surface area (Å²) in [5, 5.41) is 15.6. The van der Waals surface area contributed by atoms with E-state index in [1.54, 1.807) is 18.2 Å². The Kier molecular flexibility index (Phi) is 5.51. The van der Waals surface area contributed by atoms with Crippen molar-refractivity contribution in [1.82, 2.24) is 24.4 Å². The van der Waals surface area contributed by atoms with Gasteiger partial charge in [-0.15, -0.1) is 0 Å². The second-order valence-corrected chi connectivity index (χ2v) is 10.5. The molecule has 0 radical (unpaired) electrons. The summed E-state index contributed by atoms with van der Waals surface area (Å²) in [4.78, 5) is 20.9. The number of phenols is 1. The summed E-state index contributed by atoms with van der Waals surface area (Å²) in [6, 6.07) is 21.8. The molecule has 0 aliphatic carbocycles. The monoisotopic (exact) mass is 515 g/mol. The summed E-state index contributed by atoms with van der Waals surface area (Å²) in [6.45, 7) is 0.746. The molecule has 1 unspecified atom stereocenters. The van der Waals surface area contributed by atoms with E-state index in [2.05, 4.69) is 68.6 Å². The van der Waals surface area contributed by atoms with Gasteiger partial charge in [0.15, 0.2) is 0 Å². The van der Waals surface area contributed by atoms with Gasteiger partial charge in [-0.05, 0) is 72.2 Å². The van der Waals surface area contributed by atoms with Crippen LogP contribution in [0.3, 0.4) is 0 Å². The number of fused-ring (bicyclic) bond motifs is 3. The number of rotatable bonds is 7. The Bertz CT molecular complexity index is 1860. The Hall–Kier alpha value is -4.78. The van der Waals surface area contributed by atoms with Crippen LogP contribution in [-0.4, -0.2) is 30.1 Å². The zero-order chi connectivity index (χ0) is 26.5. The van der Waals surface area contributed by atoms with E-state index in [1.165, 1.54) is 16.5 Å². The van der Waals surface area contributed by atoms with Gasteiger partial charge in [-0.3, -0.25) is 4.79 Å². The molecule has 3 N–H and O–H groups in total. The first-order valence-electron chi connectivity index (χ1n) is 13.3. The molecule has 0 saturated carbocycles. The van der Waals surface area contributed by atoms with E-state index in [9.17, 15) is 9.90 Å². The highest BCUT2D eigenvalue weighted by atomic mass is 16.3. The lowest BCUT2D eigenvalue weighted by molar-refractivity contribution is 0.0960. The maximum absolute atomic E-state index is 12.7. The Labute approximate surface area is 225 Å². The van der Waals surface area contributed by atoms with Gasteiger partial charge >= 0.3 is 0 Å². The van der Waals surface area contributed by atoms with Gasteiger partial charge in [0.2, 0.25) is 0 Å². The average Bonchev–Trinajstić information content (AvgIpc) is 3.69. The minimum atomic E-state index is -0.294. The maximum atomic E-state index is 12.7. The smallest absolute Gasteiger partial charge is 0.252 e. The van der Waals surface area contributed by atoms with Crippen LogP contribution in [0.15, 0.2) is 85.5 Å². The predicted octanol–water partition coefficient (Wildman–Crippen LogP) is 5.62. The number of aryl methyl sites for hydroxylation is 3. The van der Waals surface area contributed by atoms with E-state index in [1.807, 2.05) is 30.1 Å². The number of hydrogen-bond acceptors (Lipinski definition) is 3. The number of nitrogens with zero attached hydrogens (tertiary/aromatic N) is 3. The zero-order valence-corrected chi connectivity index (χ0v) is 21.7. The van der Waals surface area contributed by atoms with Crippen LogP contribution in [0.4, 0.5) is 0 Å². The number of carbonyl (C=O) groups is 1. The lowest BCUT2D eigenvalue weighted by Gasteiger charge is -2.15. The fourth-order valence-electron chi connectivity index (χ4n) is 5.97. The van der Waals surface area contributed by atoms with Crippen molar-refractivity contribution in [1.29, 1.82) is 0 Å². The van der Waals surface area contributed by atoms with Crippen molar-refractivity contribution in [2.24, 2.45) is 7.05 Å². The number of benzene rings is 3. The predicted molar refractivity (Wildman–Crippen MR) is 152 cm³/mol. The first-order chi connectivity index (χ1) is 19.0. The summed E-state index contributed by atoms with van der Waals surface area (Å²) >= 11 is 0. The highest BCUT2D eigenvalue weighted by Gasteiger charge is 2.33. The van der Waals surface area contributed by atoms with Crippen molar-refractivity contribution in [3.05, 3.63) is 119 Å². The molecule has 4 heterocycles. The number of hydrogen-bond donors (Lipinski definition) is 3. The van der Waals surface area contributed by atoms with Gasteiger partial charge in [0.1, 0.15) is 5.75 Å². The molecule has 1 aliphatic heterocycles. The van der Waals surface area contributed by atoms with Crippen LogP contribution in [0, 0.1) is 0 Å². The van der Waals surface area contributed by atoms with Crippen molar-refractivity contribution in [3.63, 3.8) is 0 Å². The molecule has 6 aromatic rings. The van der Waals surface area contributed by atoms with Gasteiger partial charge in [0.25, 0.3) is 5.91 Å². The number of aromatic amines is 1. The SMILES string of the molecule is Cn1cnc(Cn2ccc3ccc(CCCc4[nH]c5ccccc5c4C4NC(=O)c5ccc(O)cc54)cc32)c1. The van der Waals surface area contributed by atoms with Crippen molar-refractivity contribution >= 4 is 27.7 Å². The third-order valence-corrected chi connectivity index (χ3v) is 7.80. The molecule has 3 aromatic carbocycles. The summed E-state index contributed by atoms with van der Waals surface area (Å²) in [7, 11) is 1.99. The molecule has 0 bridgehead atoms. The molecule has 7 heteroatoms. The number of H-pyrrole nitrogens is 1. The second-order valence-electron chi connectivity index (χ2n) is 10.5. The van der Waals surface area contributed by atoms with Gasteiger partial charge < -0.3 is 24.5 Å². The lowest BCUT2D eigenvalue weighted by atomic mass is 9.94. The second kappa shape index (κ2) is 9.20. The van der Waals surface area contributed by atoms with E-state index in [0.29, 0.717) is 5.56 Å². The molecule has 0 saturated heterocycles. The molecule has 1 amide bonds. The van der Waals surface area contributed by atoms with Crippen molar-refractivity contribution in [3.8, 4) is 5.75 Å². The van der Waals surface area contributed by atoms with Crippen LogP contribution in [0.5, 0.6) is 5.75 Å². The Morgan fingerprint density at radius 2 is 1.92 bits per heavy atom. The average molecular weight is 516 g/mol. The van der Waals surface area contributed by atoms with Crippen molar-refractivity contribution in [2.75, 3.05) is 0 Å². The molecular weight excluding hydrogens is 486 g/mol. The molecule has 0 fully saturated rings. The first kappa shape index (κ1) is 23.3. The summed E-state index contributed by atoms with van der Waals surface area (Å²) in [6.07, 6.45) is 8.76. The molecule has 0 spiro atoms. The van der Waals surface area contributed by atoms with Crippen LogP contribution < -0.4 is 5.32 Å². The van der Waals surface area contributed by atoms with E-state index in [4.69, 9.17) is 0 Å². The minimum Gasteiger partial charge on any atom is -0.508 e. The molecule has 7 rings (SSSR count). The molecule has 7 nitrogen and oxygen atoms in total. The third-order valence-electron chi connectivity index (χ3n) is 7.80. The van der Waals surface area contributed by atoms with Crippen molar-refractivity contribution < 1.29 is 9.90 Å². The van der Waals surface area contributed by atoms with E-state index in [-0.39, 0.29) is 17.7 Å². The number of carbonyl (C=O) groups excluding carboxylic acids is 1. The third kappa shape index (κ3) is 4.16. The van der Waals surface area contributed by atoms with Crippen LogP contribution in [-0.2, 0) is 26.4 Å². The standard InChI is InChI=1S/C32H29N5O2/c1-36-17-22(33-19-36)18-37-14-13-21-10-9-20(15-29(21)37)5-4-8-28-30(25-6-2-3-7-27(25)34-28)31-26-16-23(38)11-12-24(26)32(39)35-31/h2-3,6-7,9-17,19,31,34,38H,4-5,8,18H2,1H3,(H,35,39). The van der Waals surface area contributed by atoms with Gasteiger partial charge in [-0.2, -0.15) is 0 Å². The molecular formula is C32H29N5O2. The number of nitrogens with one attached hydrogen (secondary N) is 2. The number of phenolic OH excluding ortho intramolecular Hbond substituents is 1. The molecule has 39 heavy (non-hydrogen) atoms. The Morgan fingerprint density at radius 3 is 2.79 bits per heavy atom. The van der Waals surface area contributed by atoms with Gasteiger partial charge in [0, 0.05) is 52.7 Å². The molecule has 1 atom stereocenters. The number of amides is 1. The largest absolute Gasteiger partial charge is 0.508 e. The number of aromatic hydroxyl groups is 1. The highest BCUT2D eigenvalue weighted by molar-refractivity contribution is 6.01. The fourth-order valence-corrected chi connectivity index (χ4v) is 5.97. The highest BCUT2D eigenvalue weighted by Crippen LogP contribution is 2.39. The van der Waals surface area contributed by atoms with Crippen molar-refractivity contribution in [2.45, 2.75) is 31.8 Å². The van der Waals surface area contributed by atoms with Crippen LogP contribution in [0.25, 0.3) is 21.8 Å². The van der Waals surface area contributed by atoms with Crippen LogP contribution in [0.2, 0.25) is 0 Å². The maximum Gasteiger partial charge on any atom is 0.252 e. The van der Waals surface area contributed by atoms with E-state index < -0.39 is 0 Å². The number of aromatic nitrogens is 4. The van der Waals surface area contributed by atoms with Gasteiger partial charge in [0.05, 0.1) is 24.6 Å². The molecule has 1 aliphatic rings. The lowest BCUT2D eigenvalue weighted by Crippen LogP contribution is -2.20. The molecule has 194 valence electrons. The normalized spacial score (nSPS) is 14.8. The fraction of sp³-hybridized carbons (Fsp3) is 0.188. The molecule has 3 aromatic heterocycles. The van der Waals surface area contributed by atoms with Crippen LogP contribution >= 0.6 is 0 Å². The quantitative estimate of drug-likeness (QED) is 0.258. The Morgan fingerprint density at radius 1 is 1.03 bits per heavy atom. The van der Waals surface area contributed by atoms with E-state index >= 15 is 0 Å². The van der Waals surface area contributed by atoms with E-state index in [0.717, 1.165) is 59.2 Å². The number of para-hydroxylation sites is 1. The number of imidazole rings is 1. The summed E-state index contributed by atoms with van der Waals surface area (Å²) in [5.41, 5.74) is 8.27. The summed E-state index contributed by atoms with van der Waals surface area (Å²) < 4.78 is 4.23. The Balaban J connectivity index is 1.15. The zero-order valence-electron chi connectivity index (χ0n) is 21.7. The minimum absolute atomic E-state index is 0.103.